The Kier molecular flexibility index (Phi) is 5.89. The number of nitrogens with zero attached hydrogens (tertiary/aromatic N) is 5. The Bertz CT molecular complexity index is 859. The Hall–Kier alpha value is -2.44. The van der Waals surface area contributed by atoms with Crippen LogP contribution in [0.5, 0.6) is 0 Å². The standard InChI is InChI=1S/C16H16ClN6.ClH/c1-22-7-3-4-12(10-22)11-23-16(18)15(9-19-23)21-20-14-6-2-5-13(17)8-14;/h2-10H,11,18H2,1H3;1H/q+1;/p-1/b21-20+;. The zero-order chi connectivity index (χ0) is 16.2. The van der Waals surface area contributed by atoms with Crippen molar-refractivity contribution in [1.82, 2.24) is 9.78 Å². The van der Waals surface area contributed by atoms with Crippen LogP contribution in [0.25, 0.3) is 0 Å². The molecule has 3 rings (SSSR count). The van der Waals surface area contributed by atoms with Crippen molar-refractivity contribution in [3.8, 4) is 0 Å². The maximum atomic E-state index is 6.10. The summed E-state index contributed by atoms with van der Waals surface area (Å²) in [4.78, 5) is 0. The van der Waals surface area contributed by atoms with E-state index in [1.807, 2.05) is 48.3 Å². The van der Waals surface area contributed by atoms with Crippen LogP contribution in [0, 0.1) is 0 Å². The van der Waals surface area contributed by atoms with Crippen molar-refractivity contribution < 1.29 is 17.0 Å². The van der Waals surface area contributed by atoms with Crippen LogP contribution in [0.15, 0.2) is 65.2 Å². The van der Waals surface area contributed by atoms with Crippen LogP contribution >= 0.6 is 11.6 Å². The van der Waals surface area contributed by atoms with E-state index in [2.05, 4.69) is 15.3 Å². The monoisotopic (exact) mass is 362 g/mol. The molecule has 0 amide bonds. The molecule has 0 saturated carbocycles. The van der Waals surface area contributed by atoms with Gasteiger partial charge in [0.1, 0.15) is 18.6 Å². The first-order valence-corrected chi connectivity index (χ1v) is 7.42. The third kappa shape index (κ3) is 4.31. The summed E-state index contributed by atoms with van der Waals surface area (Å²) in [5, 5.41) is 13.2. The number of aryl methyl sites for hydroxylation is 1. The van der Waals surface area contributed by atoms with E-state index >= 15 is 0 Å². The number of pyridine rings is 1. The second-order valence-electron chi connectivity index (χ2n) is 5.13. The smallest absolute Gasteiger partial charge is 0.173 e. The molecular weight excluding hydrogens is 347 g/mol. The fraction of sp³-hybridized carbons (Fsp3) is 0.125. The predicted molar refractivity (Wildman–Crippen MR) is 89.0 cm³/mol. The van der Waals surface area contributed by atoms with Gasteiger partial charge < -0.3 is 18.1 Å². The zero-order valence-corrected chi connectivity index (χ0v) is 14.5. The number of azo groups is 1. The molecule has 0 radical (unpaired) electrons. The highest BCUT2D eigenvalue weighted by Crippen LogP contribution is 2.25. The SMILES string of the molecule is C[n+]1cccc(Cn2ncc(/N=N/c3cccc(Cl)c3)c2N)c1.[Cl-]. The number of nitrogens with two attached hydrogens (primary N) is 1. The van der Waals surface area contributed by atoms with Crippen LogP contribution in [0.4, 0.5) is 17.2 Å². The van der Waals surface area contributed by atoms with Crippen molar-refractivity contribution in [2.45, 2.75) is 6.54 Å². The predicted octanol–water partition coefficient (Wildman–Crippen LogP) is 0.411. The van der Waals surface area contributed by atoms with Crippen molar-refractivity contribution in [1.29, 1.82) is 0 Å². The summed E-state index contributed by atoms with van der Waals surface area (Å²) in [5.74, 6) is 0.474. The molecule has 0 aliphatic rings. The molecule has 124 valence electrons. The first-order valence-electron chi connectivity index (χ1n) is 7.04. The number of benzene rings is 1. The molecule has 0 bridgehead atoms. The second-order valence-corrected chi connectivity index (χ2v) is 5.57. The number of hydrogen-bond acceptors (Lipinski definition) is 4. The number of aromatic nitrogens is 3. The van der Waals surface area contributed by atoms with Crippen LogP contribution in [-0.4, -0.2) is 9.78 Å². The van der Waals surface area contributed by atoms with Crippen LogP contribution < -0.4 is 22.7 Å². The first-order chi connectivity index (χ1) is 11.1. The summed E-state index contributed by atoms with van der Waals surface area (Å²) in [6, 6.07) is 11.2. The van der Waals surface area contributed by atoms with Crippen molar-refractivity contribution in [3.63, 3.8) is 0 Å². The molecule has 6 nitrogen and oxygen atoms in total. The number of anilines is 1. The summed E-state index contributed by atoms with van der Waals surface area (Å²) >= 11 is 5.92. The Labute approximate surface area is 151 Å². The quantitative estimate of drug-likeness (QED) is 0.539. The number of hydrogen-bond donors (Lipinski definition) is 1. The van der Waals surface area contributed by atoms with Crippen molar-refractivity contribution in [2.75, 3.05) is 5.73 Å². The summed E-state index contributed by atoms with van der Waals surface area (Å²) in [5.41, 5.74) is 8.40. The summed E-state index contributed by atoms with van der Waals surface area (Å²) in [6.45, 7) is 0.577. The Morgan fingerprint density at radius 1 is 1.25 bits per heavy atom. The molecule has 1 aromatic carbocycles. The van der Waals surface area contributed by atoms with Gasteiger partial charge in [-0.15, -0.1) is 5.11 Å². The molecule has 2 N–H and O–H groups in total. The highest BCUT2D eigenvalue weighted by Gasteiger charge is 2.09. The van der Waals surface area contributed by atoms with Crippen LogP contribution in [0.1, 0.15) is 5.56 Å². The number of halogens is 2. The maximum absolute atomic E-state index is 6.10. The van der Waals surface area contributed by atoms with E-state index in [-0.39, 0.29) is 12.4 Å². The molecule has 0 unspecified atom stereocenters. The van der Waals surface area contributed by atoms with Crippen LogP contribution in [0.2, 0.25) is 5.02 Å². The van der Waals surface area contributed by atoms with Gasteiger partial charge in [-0.25, -0.2) is 9.25 Å². The Morgan fingerprint density at radius 3 is 2.83 bits per heavy atom. The molecule has 2 heterocycles. The van der Waals surface area contributed by atoms with E-state index in [0.29, 0.717) is 28.8 Å². The minimum atomic E-state index is 0. The fourth-order valence-electron chi connectivity index (χ4n) is 2.15. The van der Waals surface area contributed by atoms with Gasteiger partial charge >= 0.3 is 0 Å². The zero-order valence-electron chi connectivity index (χ0n) is 13.0. The number of rotatable bonds is 4. The second kappa shape index (κ2) is 7.90. The number of nitrogen functional groups attached to an aromatic ring is 1. The molecule has 0 saturated heterocycles. The van der Waals surface area contributed by atoms with E-state index in [1.54, 1.807) is 23.0 Å². The van der Waals surface area contributed by atoms with Gasteiger partial charge in [-0.1, -0.05) is 17.7 Å². The van der Waals surface area contributed by atoms with E-state index in [4.69, 9.17) is 17.3 Å². The molecule has 8 heteroatoms. The molecule has 0 atom stereocenters. The lowest BCUT2D eigenvalue weighted by atomic mass is 10.3. The van der Waals surface area contributed by atoms with Gasteiger partial charge in [-0.3, -0.25) is 0 Å². The van der Waals surface area contributed by atoms with E-state index < -0.39 is 0 Å². The minimum absolute atomic E-state index is 0. The Morgan fingerprint density at radius 2 is 2.08 bits per heavy atom. The lowest BCUT2D eigenvalue weighted by Gasteiger charge is -2.02. The van der Waals surface area contributed by atoms with Gasteiger partial charge in [-0.2, -0.15) is 10.2 Å². The van der Waals surface area contributed by atoms with Crippen molar-refractivity contribution >= 4 is 28.8 Å². The largest absolute Gasteiger partial charge is 1.00 e. The molecule has 0 spiro atoms. The first kappa shape index (κ1) is 17.9. The molecule has 0 aliphatic carbocycles. The van der Waals surface area contributed by atoms with Crippen LogP contribution in [0.3, 0.4) is 0 Å². The summed E-state index contributed by atoms with van der Waals surface area (Å²) in [7, 11) is 1.97. The lowest BCUT2D eigenvalue weighted by molar-refractivity contribution is -0.671. The highest BCUT2D eigenvalue weighted by molar-refractivity contribution is 6.30. The third-order valence-corrected chi connectivity index (χ3v) is 3.51. The van der Waals surface area contributed by atoms with E-state index in [9.17, 15) is 0 Å². The topological polar surface area (TPSA) is 72.4 Å². The van der Waals surface area contributed by atoms with E-state index in [1.165, 1.54) is 0 Å². The van der Waals surface area contributed by atoms with Gasteiger partial charge in [0.2, 0.25) is 0 Å². The summed E-state index contributed by atoms with van der Waals surface area (Å²) in [6.07, 6.45) is 5.60. The average molecular weight is 363 g/mol. The molecule has 3 aromatic rings. The van der Waals surface area contributed by atoms with Crippen molar-refractivity contribution in [3.05, 3.63) is 65.6 Å². The van der Waals surface area contributed by atoms with Crippen LogP contribution in [-0.2, 0) is 13.6 Å². The molecular formula is C16H16Cl2N6. The summed E-state index contributed by atoms with van der Waals surface area (Å²) < 4.78 is 3.68. The van der Waals surface area contributed by atoms with Gasteiger partial charge in [0.15, 0.2) is 12.4 Å². The normalized spacial score (nSPS) is 10.8. The maximum Gasteiger partial charge on any atom is 0.173 e. The average Bonchev–Trinajstić information content (AvgIpc) is 2.86. The molecule has 0 aliphatic heterocycles. The van der Waals surface area contributed by atoms with Gasteiger partial charge in [0.25, 0.3) is 0 Å². The minimum Gasteiger partial charge on any atom is -1.00 e. The van der Waals surface area contributed by atoms with E-state index in [0.717, 1.165) is 5.56 Å². The van der Waals surface area contributed by atoms with Gasteiger partial charge in [0, 0.05) is 16.7 Å². The molecule has 0 fully saturated rings. The highest BCUT2D eigenvalue weighted by atomic mass is 35.5. The molecule has 2 aromatic heterocycles. The van der Waals surface area contributed by atoms with Gasteiger partial charge in [0.05, 0.1) is 18.4 Å². The molecule has 24 heavy (non-hydrogen) atoms. The Balaban J connectivity index is 0.00000208. The van der Waals surface area contributed by atoms with Crippen molar-refractivity contribution in [2.24, 2.45) is 17.3 Å². The lowest BCUT2D eigenvalue weighted by Crippen LogP contribution is -3.00. The third-order valence-electron chi connectivity index (χ3n) is 3.27. The van der Waals surface area contributed by atoms with Gasteiger partial charge in [-0.05, 0) is 24.3 Å². The fourth-order valence-corrected chi connectivity index (χ4v) is 2.34.